The smallest absolute Gasteiger partial charge is 0.387 e. The SMILES string of the molecule is COCCN=C(NCCc1ccco1)N(C)Cc1ccc(OC(F)F)cc1.I. The Kier molecular flexibility index (Phi) is 11.5. The standard InChI is InChI=1S/C19H25F2N3O3.HI/c1-24(14-15-5-7-17(8-6-15)27-18(20)21)19(23-11-13-25-2)22-10-9-16-4-3-12-26-16;/h3-8,12,18H,9-11,13-14H2,1-2H3,(H,22,23);1H. The van der Waals surface area contributed by atoms with Crippen LogP contribution in [0.4, 0.5) is 8.78 Å². The summed E-state index contributed by atoms with van der Waals surface area (Å²) in [6.07, 6.45) is 2.39. The summed E-state index contributed by atoms with van der Waals surface area (Å²) in [4.78, 5) is 6.50. The fraction of sp³-hybridized carbons (Fsp3) is 0.421. The number of benzene rings is 1. The first-order valence-electron chi connectivity index (χ1n) is 8.63. The molecule has 0 spiro atoms. The Morgan fingerprint density at radius 2 is 2.00 bits per heavy atom. The lowest BCUT2D eigenvalue weighted by molar-refractivity contribution is -0.0498. The van der Waals surface area contributed by atoms with E-state index in [1.54, 1.807) is 25.5 Å². The third-order valence-corrected chi connectivity index (χ3v) is 3.72. The van der Waals surface area contributed by atoms with Crippen molar-refractivity contribution in [3.63, 3.8) is 0 Å². The van der Waals surface area contributed by atoms with Crippen LogP contribution in [0.1, 0.15) is 11.3 Å². The van der Waals surface area contributed by atoms with Crippen LogP contribution in [-0.2, 0) is 17.7 Å². The van der Waals surface area contributed by atoms with E-state index in [0.717, 1.165) is 23.7 Å². The minimum atomic E-state index is -2.82. The third kappa shape index (κ3) is 8.87. The molecule has 0 fully saturated rings. The zero-order chi connectivity index (χ0) is 19.5. The Morgan fingerprint density at radius 3 is 2.61 bits per heavy atom. The van der Waals surface area contributed by atoms with E-state index in [2.05, 4.69) is 15.0 Å². The van der Waals surface area contributed by atoms with Crippen LogP contribution in [0.3, 0.4) is 0 Å². The molecule has 1 aromatic carbocycles. The van der Waals surface area contributed by atoms with E-state index < -0.39 is 6.61 Å². The number of aliphatic imine (C=N–C) groups is 1. The number of methoxy groups -OCH3 is 1. The molecule has 9 heteroatoms. The molecule has 6 nitrogen and oxygen atoms in total. The highest BCUT2D eigenvalue weighted by molar-refractivity contribution is 14.0. The van der Waals surface area contributed by atoms with Gasteiger partial charge in [-0.3, -0.25) is 4.99 Å². The van der Waals surface area contributed by atoms with Crippen LogP contribution in [0, 0.1) is 0 Å². The van der Waals surface area contributed by atoms with Crippen LogP contribution in [0.5, 0.6) is 5.75 Å². The molecule has 0 atom stereocenters. The van der Waals surface area contributed by atoms with Gasteiger partial charge >= 0.3 is 6.61 Å². The predicted octanol–water partition coefficient (Wildman–Crippen LogP) is 3.77. The molecule has 0 saturated heterocycles. The Balaban J connectivity index is 0.00000392. The average molecular weight is 509 g/mol. The maximum absolute atomic E-state index is 12.2. The maximum Gasteiger partial charge on any atom is 0.387 e. The van der Waals surface area contributed by atoms with Gasteiger partial charge in [-0.05, 0) is 29.8 Å². The van der Waals surface area contributed by atoms with E-state index in [1.165, 1.54) is 12.1 Å². The van der Waals surface area contributed by atoms with E-state index in [-0.39, 0.29) is 29.7 Å². The topological polar surface area (TPSA) is 59.2 Å². The second-order valence-corrected chi connectivity index (χ2v) is 5.83. The van der Waals surface area contributed by atoms with Crippen LogP contribution < -0.4 is 10.1 Å². The highest BCUT2D eigenvalue weighted by atomic mass is 127. The summed E-state index contributed by atoms with van der Waals surface area (Å²) < 4.78 is 39.2. The molecule has 1 heterocycles. The monoisotopic (exact) mass is 509 g/mol. The lowest BCUT2D eigenvalue weighted by Crippen LogP contribution is -2.39. The molecule has 0 aliphatic carbocycles. The molecule has 1 aromatic heterocycles. The summed E-state index contributed by atoms with van der Waals surface area (Å²) in [5.74, 6) is 1.77. The van der Waals surface area contributed by atoms with Crippen molar-refractivity contribution in [3.8, 4) is 5.75 Å². The summed E-state index contributed by atoms with van der Waals surface area (Å²) in [7, 11) is 3.54. The van der Waals surface area contributed by atoms with Crippen molar-refractivity contribution < 1.29 is 22.7 Å². The van der Waals surface area contributed by atoms with Gasteiger partial charge in [-0.25, -0.2) is 0 Å². The van der Waals surface area contributed by atoms with E-state index >= 15 is 0 Å². The van der Waals surface area contributed by atoms with Gasteiger partial charge in [-0.15, -0.1) is 24.0 Å². The van der Waals surface area contributed by atoms with Crippen molar-refractivity contribution in [2.24, 2.45) is 4.99 Å². The van der Waals surface area contributed by atoms with E-state index in [4.69, 9.17) is 9.15 Å². The second-order valence-electron chi connectivity index (χ2n) is 5.83. The molecule has 0 unspecified atom stereocenters. The molecule has 2 rings (SSSR count). The normalized spacial score (nSPS) is 11.2. The predicted molar refractivity (Wildman–Crippen MR) is 115 cm³/mol. The van der Waals surface area contributed by atoms with Crippen molar-refractivity contribution in [2.75, 3.05) is 33.9 Å². The minimum absolute atomic E-state index is 0. The third-order valence-electron chi connectivity index (χ3n) is 3.72. The molecule has 0 bridgehead atoms. The maximum atomic E-state index is 12.2. The fourth-order valence-corrected chi connectivity index (χ4v) is 2.43. The van der Waals surface area contributed by atoms with Gasteiger partial charge in [0.2, 0.25) is 0 Å². The summed E-state index contributed by atoms with van der Waals surface area (Å²) >= 11 is 0. The molecule has 28 heavy (non-hydrogen) atoms. The number of rotatable bonds is 10. The Labute approximate surface area is 180 Å². The molecule has 0 aliphatic rings. The largest absolute Gasteiger partial charge is 0.469 e. The molecular formula is C19H26F2IN3O3. The van der Waals surface area contributed by atoms with Gasteiger partial charge in [0.1, 0.15) is 11.5 Å². The van der Waals surface area contributed by atoms with Crippen molar-refractivity contribution in [1.29, 1.82) is 0 Å². The number of guanidine groups is 1. The molecule has 0 saturated carbocycles. The molecule has 0 radical (unpaired) electrons. The van der Waals surface area contributed by atoms with Crippen LogP contribution >= 0.6 is 24.0 Å². The quantitative estimate of drug-likeness (QED) is 0.229. The van der Waals surface area contributed by atoms with E-state index in [1.807, 2.05) is 24.1 Å². The van der Waals surface area contributed by atoms with Crippen molar-refractivity contribution in [2.45, 2.75) is 19.6 Å². The molecule has 0 aliphatic heterocycles. The fourth-order valence-electron chi connectivity index (χ4n) is 2.43. The van der Waals surface area contributed by atoms with Gasteiger partial charge in [0, 0.05) is 33.7 Å². The van der Waals surface area contributed by atoms with Crippen LogP contribution in [0.15, 0.2) is 52.1 Å². The summed E-state index contributed by atoms with van der Waals surface area (Å²) in [5, 5.41) is 3.31. The second kappa shape index (κ2) is 13.3. The van der Waals surface area contributed by atoms with Gasteiger partial charge in [-0.1, -0.05) is 12.1 Å². The Morgan fingerprint density at radius 1 is 1.25 bits per heavy atom. The average Bonchev–Trinajstić information content (AvgIpc) is 3.15. The number of nitrogens with zero attached hydrogens (tertiary/aromatic N) is 2. The first-order chi connectivity index (χ1) is 13.1. The molecule has 1 N–H and O–H groups in total. The number of halogens is 3. The zero-order valence-corrected chi connectivity index (χ0v) is 18.3. The summed E-state index contributed by atoms with van der Waals surface area (Å²) in [6, 6.07) is 10.4. The Bertz CT molecular complexity index is 682. The van der Waals surface area contributed by atoms with E-state index in [9.17, 15) is 8.78 Å². The lowest BCUT2D eigenvalue weighted by atomic mass is 10.2. The minimum Gasteiger partial charge on any atom is -0.469 e. The van der Waals surface area contributed by atoms with Gasteiger partial charge in [-0.2, -0.15) is 8.78 Å². The van der Waals surface area contributed by atoms with Gasteiger partial charge in [0.15, 0.2) is 5.96 Å². The van der Waals surface area contributed by atoms with Gasteiger partial charge < -0.3 is 24.1 Å². The molecule has 2 aromatic rings. The number of ether oxygens (including phenoxy) is 2. The van der Waals surface area contributed by atoms with Crippen LogP contribution in [0.25, 0.3) is 0 Å². The van der Waals surface area contributed by atoms with Crippen molar-refractivity contribution in [1.82, 2.24) is 10.2 Å². The number of hydrogen-bond donors (Lipinski definition) is 1. The highest BCUT2D eigenvalue weighted by Gasteiger charge is 2.09. The molecule has 156 valence electrons. The summed E-state index contributed by atoms with van der Waals surface area (Å²) in [6.45, 7) is -0.530. The van der Waals surface area contributed by atoms with Gasteiger partial charge in [0.05, 0.1) is 19.4 Å². The summed E-state index contributed by atoms with van der Waals surface area (Å²) in [5.41, 5.74) is 0.950. The lowest BCUT2D eigenvalue weighted by Gasteiger charge is -2.22. The number of furan rings is 1. The number of nitrogens with one attached hydrogen (secondary N) is 1. The van der Waals surface area contributed by atoms with Crippen LogP contribution in [0.2, 0.25) is 0 Å². The van der Waals surface area contributed by atoms with Gasteiger partial charge in [0.25, 0.3) is 0 Å². The Hall–Kier alpha value is -1.88. The first-order valence-corrected chi connectivity index (χ1v) is 8.63. The molecule has 0 amide bonds. The van der Waals surface area contributed by atoms with Crippen molar-refractivity contribution >= 4 is 29.9 Å². The number of hydrogen-bond acceptors (Lipinski definition) is 4. The zero-order valence-electron chi connectivity index (χ0n) is 15.9. The van der Waals surface area contributed by atoms with Crippen LogP contribution in [-0.4, -0.2) is 51.3 Å². The highest BCUT2D eigenvalue weighted by Crippen LogP contribution is 2.15. The van der Waals surface area contributed by atoms with E-state index in [0.29, 0.717) is 26.2 Å². The number of alkyl halides is 2. The molecular weight excluding hydrogens is 483 g/mol. The first kappa shape index (κ1) is 24.2. The van der Waals surface area contributed by atoms with Crippen molar-refractivity contribution in [3.05, 3.63) is 54.0 Å².